The summed E-state index contributed by atoms with van der Waals surface area (Å²) in [4.78, 5) is 17.2. The number of allylic oxidation sites excluding steroid dienone is 1. The molecule has 0 aliphatic carbocycles. The molecule has 0 radical (unpaired) electrons. The second-order valence-corrected chi connectivity index (χ2v) is 4.75. The van der Waals surface area contributed by atoms with Crippen LogP contribution in [0.1, 0.15) is 27.0 Å². The number of thiophene rings is 1. The Hall–Kier alpha value is -1.62. The molecule has 17 heavy (non-hydrogen) atoms. The van der Waals surface area contributed by atoms with Crippen LogP contribution in [0.4, 0.5) is 0 Å². The van der Waals surface area contributed by atoms with E-state index in [1.165, 1.54) is 24.6 Å². The van der Waals surface area contributed by atoms with E-state index in [0.717, 1.165) is 21.7 Å². The van der Waals surface area contributed by atoms with E-state index in [2.05, 4.69) is 4.99 Å². The van der Waals surface area contributed by atoms with Crippen LogP contribution >= 0.6 is 11.3 Å². The molecule has 1 heterocycles. The maximum absolute atomic E-state index is 11.4. The number of carbonyl (C=O) groups excluding carboxylic acids is 1. The lowest BCUT2D eigenvalue weighted by Gasteiger charge is -2.04. The summed E-state index contributed by atoms with van der Waals surface area (Å²) < 4.78 is 4.70. The number of esters is 1. The Bertz CT molecular complexity index is 487. The minimum atomic E-state index is -0.325. The van der Waals surface area contributed by atoms with E-state index < -0.39 is 0 Å². The molecular weight excluding hydrogens is 236 g/mol. The molecule has 2 N–H and O–H groups in total. The van der Waals surface area contributed by atoms with Crippen LogP contribution in [0, 0.1) is 6.92 Å². The number of nitrogens with zero attached hydrogens (tertiary/aromatic N) is 1. The van der Waals surface area contributed by atoms with Crippen LogP contribution in [0.25, 0.3) is 0 Å². The first-order valence-corrected chi connectivity index (χ1v) is 5.91. The van der Waals surface area contributed by atoms with Crippen molar-refractivity contribution in [2.45, 2.75) is 13.8 Å². The van der Waals surface area contributed by atoms with Crippen LogP contribution in [0.5, 0.6) is 0 Å². The molecular formula is C12H16N2O2S. The highest BCUT2D eigenvalue weighted by atomic mass is 32.1. The number of ether oxygens (including phenoxy) is 1. The fourth-order valence-electron chi connectivity index (χ4n) is 1.51. The summed E-state index contributed by atoms with van der Waals surface area (Å²) in [7, 11) is 3.08. The van der Waals surface area contributed by atoms with Crippen LogP contribution in [0.15, 0.2) is 22.8 Å². The standard InChI is InChI=1S/C12H16N2O2S/c1-7(6-13)11(14-3)9-5-10(12(15)16-4)17-8(9)2/h5-6H,13H2,1-4H3. The zero-order chi connectivity index (χ0) is 13.0. The van der Waals surface area contributed by atoms with Gasteiger partial charge in [-0.2, -0.15) is 0 Å². The van der Waals surface area contributed by atoms with Gasteiger partial charge in [-0.1, -0.05) is 0 Å². The number of nitrogens with two attached hydrogens (primary N) is 1. The van der Waals surface area contributed by atoms with Crippen molar-refractivity contribution in [2.75, 3.05) is 14.2 Å². The monoisotopic (exact) mass is 252 g/mol. The lowest BCUT2D eigenvalue weighted by atomic mass is 10.1. The van der Waals surface area contributed by atoms with Gasteiger partial charge in [0.1, 0.15) is 4.88 Å². The van der Waals surface area contributed by atoms with Gasteiger partial charge in [-0.15, -0.1) is 11.3 Å². The van der Waals surface area contributed by atoms with Gasteiger partial charge >= 0.3 is 5.97 Å². The number of hydrogen-bond donors (Lipinski definition) is 1. The smallest absolute Gasteiger partial charge is 0.348 e. The van der Waals surface area contributed by atoms with Crippen LogP contribution in [-0.2, 0) is 4.74 Å². The van der Waals surface area contributed by atoms with E-state index >= 15 is 0 Å². The quantitative estimate of drug-likeness (QED) is 0.662. The Labute approximate surface area is 105 Å². The van der Waals surface area contributed by atoms with Crippen LogP contribution in [0.3, 0.4) is 0 Å². The summed E-state index contributed by atoms with van der Waals surface area (Å²) in [5.74, 6) is -0.325. The summed E-state index contributed by atoms with van der Waals surface area (Å²) >= 11 is 1.40. The lowest BCUT2D eigenvalue weighted by molar-refractivity contribution is 0.0606. The Kier molecular flexibility index (Phi) is 4.45. The van der Waals surface area contributed by atoms with Crippen LogP contribution in [0.2, 0.25) is 0 Å². The number of aliphatic imine (C=N–C) groups is 1. The van der Waals surface area contributed by atoms with Gasteiger partial charge < -0.3 is 10.5 Å². The van der Waals surface area contributed by atoms with Crippen molar-refractivity contribution in [1.82, 2.24) is 0 Å². The van der Waals surface area contributed by atoms with Crippen LogP contribution in [-0.4, -0.2) is 25.8 Å². The summed E-state index contributed by atoms with van der Waals surface area (Å²) in [5.41, 5.74) is 8.11. The number of hydrogen-bond acceptors (Lipinski definition) is 5. The number of methoxy groups -OCH3 is 1. The van der Waals surface area contributed by atoms with Crippen molar-refractivity contribution < 1.29 is 9.53 Å². The van der Waals surface area contributed by atoms with Gasteiger partial charge in [0.05, 0.1) is 12.8 Å². The molecule has 0 aromatic carbocycles. The summed E-state index contributed by atoms with van der Waals surface area (Å²) in [6, 6.07) is 1.79. The molecule has 1 rings (SSSR count). The molecule has 0 saturated carbocycles. The first-order valence-electron chi connectivity index (χ1n) is 5.09. The van der Waals surface area contributed by atoms with E-state index in [-0.39, 0.29) is 5.97 Å². The molecule has 0 saturated heterocycles. The van der Waals surface area contributed by atoms with E-state index in [0.29, 0.717) is 4.88 Å². The molecule has 0 bridgehead atoms. The van der Waals surface area contributed by atoms with Gasteiger partial charge in [-0.05, 0) is 31.7 Å². The molecule has 4 nitrogen and oxygen atoms in total. The fraction of sp³-hybridized carbons (Fsp3) is 0.333. The SMILES string of the molecule is CN=C(C(C)=CN)c1cc(C(=O)OC)sc1C. The molecule has 0 aliphatic rings. The van der Waals surface area contributed by atoms with Crippen molar-refractivity contribution in [3.8, 4) is 0 Å². The molecule has 92 valence electrons. The van der Waals surface area contributed by atoms with E-state index in [1.54, 1.807) is 13.1 Å². The van der Waals surface area contributed by atoms with Crippen molar-refractivity contribution in [3.05, 3.63) is 33.2 Å². The minimum absolute atomic E-state index is 0.325. The molecule has 0 amide bonds. The van der Waals surface area contributed by atoms with Gasteiger partial charge in [-0.3, -0.25) is 4.99 Å². The summed E-state index contributed by atoms with van der Waals surface area (Å²) in [6.07, 6.45) is 1.51. The molecule has 1 aromatic rings. The highest BCUT2D eigenvalue weighted by Gasteiger charge is 2.16. The van der Waals surface area contributed by atoms with Gasteiger partial charge in [-0.25, -0.2) is 4.79 Å². The summed E-state index contributed by atoms with van der Waals surface area (Å²) in [5, 5.41) is 0. The molecule has 0 unspecified atom stereocenters. The normalized spacial score (nSPS) is 12.7. The maximum atomic E-state index is 11.4. The average Bonchev–Trinajstić information content (AvgIpc) is 2.71. The predicted molar refractivity (Wildman–Crippen MR) is 70.8 cm³/mol. The molecule has 0 spiro atoms. The Balaban J connectivity index is 3.23. The van der Waals surface area contributed by atoms with E-state index in [1.807, 2.05) is 13.8 Å². The fourth-order valence-corrected chi connectivity index (χ4v) is 2.45. The van der Waals surface area contributed by atoms with Crippen molar-refractivity contribution in [1.29, 1.82) is 0 Å². The third-order valence-electron chi connectivity index (χ3n) is 2.41. The predicted octanol–water partition coefficient (Wildman–Crippen LogP) is 2.12. The number of rotatable bonds is 3. The number of aryl methyl sites for hydroxylation is 1. The molecule has 5 heteroatoms. The van der Waals surface area contributed by atoms with E-state index in [4.69, 9.17) is 10.5 Å². The van der Waals surface area contributed by atoms with Crippen molar-refractivity contribution in [2.24, 2.45) is 10.7 Å². The summed E-state index contributed by atoms with van der Waals surface area (Å²) in [6.45, 7) is 3.83. The third-order valence-corrected chi connectivity index (χ3v) is 3.44. The molecule has 1 aromatic heterocycles. The van der Waals surface area contributed by atoms with Gasteiger partial charge in [0.2, 0.25) is 0 Å². The zero-order valence-electron chi connectivity index (χ0n) is 10.4. The zero-order valence-corrected chi connectivity index (χ0v) is 11.2. The maximum Gasteiger partial charge on any atom is 0.348 e. The largest absolute Gasteiger partial charge is 0.465 e. The third kappa shape index (κ3) is 2.74. The lowest BCUT2D eigenvalue weighted by Crippen LogP contribution is -2.05. The number of carbonyl (C=O) groups is 1. The Morgan fingerprint density at radius 2 is 2.24 bits per heavy atom. The molecule has 0 fully saturated rings. The van der Waals surface area contributed by atoms with Gasteiger partial charge in [0.15, 0.2) is 0 Å². The minimum Gasteiger partial charge on any atom is -0.465 e. The average molecular weight is 252 g/mol. The van der Waals surface area contributed by atoms with Gasteiger partial charge in [0, 0.05) is 17.5 Å². The second kappa shape index (κ2) is 5.63. The van der Waals surface area contributed by atoms with Crippen molar-refractivity contribution in [3.63, 3.8) is 0 Å². The van der Waals surface area contributed by atoms with Crippen LogP contribution < -0.4 is 5.73 Å². The first kappa shape index (κ1) is 13.4. The van der Waals surface area contributed by atoms with Crippen molar-refractivity contribution >= 4 is 23.0 Å². The highest BCUT2D eigenvalue weighted by Crippen LogP contribution is 2.24. The Morgan fingerprint density at radius 1 is 1.59 bits per heavy atom. The Morgan fingerprint density at radius 3 is 2.71 bits per heavy atom. The van der Waals surface area contributed by atoms with Gasteiger partial charge in [0.25, 0.3) is 0 Å². The van der Waals surface area contributed by atoms with E-state index in [9.17, 15) is 4.79 Å². The second-order valence-electron chi connectivity index (χ2n) is 3.49. The topological polar surface area (TPSA) is 64.7 Å². The molecule has 0 aliphatic heterocycles. The first-order chi connectivity index (χ1) is 8.04. The molecule has 0 atom stereocenters. The highest BCUT2D eigenvalue weighted by molar-refractivity contribution is 7.14.